The molecular formula is C26H31Cl2N3O3S. The van der Waals surface area contributed by atoms with Crippen molar-refractivity contribution in [2.75, 3.05) is 0 Å². The van der Waals surface area contributed by atoms with Crippen LogP contribution < -0.4 is 0 Å². The summed E-state index contributed by atoms with van der Waals surface area (Å²) in [6.45, 7) is 10.4. The van der Waals surface area contributed by atoms with E-state index in [1.165, 1.54) is 6.07 Å². The van der Waals surface area contributed by atoms with Crippen molar-refractivity contribution in [1.82, 2.24) is 14.5 Å². The molecule has 0 atom stereocenters. The van der Waals surface area contributed by atoms with Crippen molar-refractivity contribution in [3.05, 3.63) is 81.1 Å². The molecule has 0 unspecified atom stereocenters. The second-order valence-corrected chi connectivity index (χ2v) is 12.1. The molecular weight excluding hydrogens is 505 g/mol. The summed E-state index contributed by atoms with van der Waals surface area (Å²) in [5, 5.41) is 0.733. The van der Waals surface area contributed by atoms with E-state index in [9.17, 15) is 13.2 Å². The molecule has 0 N–H and O–H groups in total. The molecule has 9 heteroatoms. The van der Waals surface area contributed by atoms with Crippen molar-refractivity contribution in [2.45, 2.75) is 64.7 Å². The van der Waals surface area contributed by atoms with Crippen LogP contribution in [0.4, 0.5) is 0 Å². The van der Waals surface area contributed by atoms with Crippen molar-refractivity contribution >= 4 is 38.9 Å². The first-order chi connectivity index (χ1) is 16.4. The van der Waals surface area contributed by atoms with Gasteiger partial charge in [0, 0.05) is 17.6 Å². The maximum absolute atomic E-state index is 13.4. The Bertz CT molecular complexity index is 1320. The molecule has 0 aliphatic heterocycles. The Hall–Kier alpha value is -2.35. The molecule has 6 nitrogen and oxygen atoms in total. The van der Waals surface area contributed by atoms with Gasteiger partial charge in [-0.15, -0.1) is 0 Å². The highest BCUT2D eigenvalue weighted by Crippen LogP contribution is 2.26. The first-order valence-electron chi connectivity index (χ1n) is 11.5. The average Bonchev–Trinajstić information content (AvgIpc) is 3.15. The van der Waals surface area contributed by atoms with Crippen LogP contribution in [0.5, 0.6) is 0 Å². The number of sulfone groups is 1. The molecule has 0 aliphatic carbocycles. The minimum Gasteiger partial charge on any atom is -0.330 e. The zero-order valence-electron chi connectivity index (χ0n) is 20.6. The van der Waals surface area contributed by atoms with Gasteiger partial charge in [0.15, 0.2) is 0 Å². The summed E-state index contributed by atoms with van der Waals surface area (Å²) in [6, 6.07) is 12.0. The second kappa shape index (κ2) is 11.1. The van der Waals surface area contributed by atoms with Crippen LogP contribution >= 0.6 is 23.2 Å². The number of halogens is 2. The lowest BCUT2D eigenvalue weighted by Gasteiger charge is -2.28. The molecule has 0 bridgehead atoms. The number of aromatic nitrogens is 2. The smallest absolute Gasteiger partial charge is 0.255 e. The zero-order valence-corrected chi connectivity index (χ0v) is 23.0. The molecule has 1 amide bonds. The van der Waals surface area contributed by atoms with Crippen molar-refractivity contribution in [3.8, 4) is 0 Å². The third-order valence-corrected chi connectivity index (χ3v) is 7.83. The van der Waals surface area contributed by atoms with Crippen LogP contribution in [0.15, 0.2) is 53.8 Å². The molecule has 35 heavy (non-hydrogen) atoms. The minimum atomic E-state index is -3.72. The summed E-state index contributed by atoms with van der Waals surface area (Å²) in [6.07, 6.45) is 1.55. The van der Waals surface area contributed by atoms with Gasteiger partial charge >= 0.3 is 0 Å². The highest BCUT2D eigenvalue weighted by Gasteiger charge is 2.28. The maximum Gasteiger partial charge on any atom is 0.255 e. The van der Waals surface area contributed by atoms with E-state index in [0.29, 0.717) is 22.8 Å². The summed E-state index contributed by atoms with van der Waals surface area (Å²) < 4.78 is 28.6. The molecule has 3 aromatic rings. The summed E-state index contributed by atoms with van der Waals surface area (Å²) in [4.78, 5) is 19.4. The Kier molecular flexibility index (Phi) is 8.67. The van der Waals surface area contributed by atoms with Gasteiger partial charge in [-0.3, -0.25) is 4.79 Å². The maximum atomic E-state index is 13.4. The zero-order chi connectivity index (χ0) is 25.9. The largest absolute Gasteiger partial charge is 0.330 e. The van der Waals surface area contributed by atoms with E-state index in [0.717, 1.165) is 11.1 Å². The summed E-state index contributed by atoms with van der Waals surface area (Å²) >= 11 is 12.3. The Balaban J connectivity index is 1.99. The van der Waals surface area contributed by atoms with Gasteiger partial charge < -0.3 is 9.47 Å². The highest BCUT2D eigenvalue weighted by atomic mass is 35.5. The number of rotatable bonds is 9. The van der Waals surface area contributed by atoms with Crippen molar-refractivity contribution in [3.63, 3.8) is 0 Å². The monoisotopic (exact) mass is 535 g/mol. The third kappa shape index (κ3) is 6.46. The minimum absolute atomic E-state index is 0.0186. The molecule has 1 heterocycles. The van der Waals surface area contributed by atoms with Crippen molar-refractivity contribution < 1.29 is 13.2 Å². The number of aryl methyl sites for hydroxylation is 1. The number of amides is 1. The Morgan fingerprint density at radius 1 is 1.09 bits per heavy atom. The van der Waals surface area contributed by atoms with E-state index >= 15 is 0 Å². The van der Waals surface area contributed by atoms with E-state index in [1.807, 2.05) is 58.9 Å². The van der Waals surface area contributed by atoms with Gasteiger partial charge in [0.2, 0.25) is 15.0 Å². The summed E-state index contributed by atoms with van der Waals surface area (Å²) in [5.41, 5.74) is 2.64. The number of benzene rings is 2. The van der Waals surface area contributed by atoms with E-state index in [1.54, 1.807) is 27.8 Å². The fraction of sp³-hybridized carbons (Fsp3) is 0.385. The SMILES string of the molecule is Cc1ccccc1CS(=O)(=O)c1ncc(CN(C(=O)c2ccc(Cl)cc2Cl)C(C)C)n1CC(C)C. The number of imidazole rings is 1. The quantitative estimate of drug-likeness (QED) is 0.328. The van der Waals surface area contributed by atoms with E-state index in [2.05, 4.69) is 4.98 Å². The van der Waals surface area contributed by atoms with Crippen LogP contribution in [-0.2, 0) is 28.7 Å². The highest BCUT2D eigenvalue weighted by molar-refractivity contribution is 7.90. The fourth-order valence-electron chi connectivity index (χ4n) is 3.85. The lowest BCUT2D eigenvalue weighted by atomic mass is 10.1. The fourth-order valence-corrected chi connectivity index (χ4v) is 5.94. The first kappa shape index (κ1) is 27.2. The Labute approximate surface area is 217 Å². The van der Waals surface area contributed by atoms with Gasteiger partial charge in [0.25, 0.3) is 5.91 Å². The van der Waals surface area contributed by atoms with Crippen LogP contribution in [0.3, 0.4) is 0 Å². The standard InChI is InChI=1S/C26H31Cl2N3O3S/c1-17(2)14-31-22(13-29-26(31)35(33,34)16-20-9-7-6-8-19(20)5)15-30(18(3)4)25(32)23-11-10-21(27)12-24(23)28/h6-13,17-18H,14-16H2,1-5H3. The summed E-state index contributed by atoms with van der Waals surface area (Å²) in [5.74, 6) is -0.228. The Morgan fingerprint density at radius 2 is 1.77 bits per heavy atom. The van der Waals surface area contributed by atoms with Crippen LogP contribution in [0.2, 0.25) is 10.0 Å². The second-order valence-electron chi connectivity index (χ2n) is 9.37. The topological polar surface area (TPSA) is 72.3 Å². The third-order valence-electron chi connectivity index (χ3n) is 5.71. The van der Waals surface area contributed by atoms with Gasteiger partial charge in [-0.2, -0.15) is 0 Å². The number of carbonyl (C=O) groups is 1. The van der Waals surface area contributed by atoms with E-state index in [-0.39, 0.29) is 40.3 Å². The summed E-state index contributed by atoms with van der Waals surface area (Å²) in [7, 11) is -3.72. The number of hydrogen-bond donors (Lipinski definition) is 0. The van der Waals surface area contributed by atoms with Crippen LogP contribution in [-0.4, -0.2) is 34.8 Å². The van der Waals surface area contributed by atoms with Gasteiger partial charge in [-0.1, -0.05) is 61.3 Å². The molecule has 0 fully saturated rings. The van der Waals surface area contributed by atoms with Crippen LogP contribution in [0.25, 0.3) is 0 Å². The van der Waals surface area contributed by atoms with Crippen molar-refractivity contribution in [1.29, 1.82) is 0 Å². The predicted octanol–water partition coefficient (Wildman–Crippen LogP) is 6.18. The van der Waals surface area contributed by atoms with E-state index < -0.39 is 9.84 Å². The molecule has 0 spiro atoms. The molecule has 2 aromatic carbocycles. The first-order valence-corrected chi connectivity index (χ1v) is 13.9. The number of carbonyl (C=O) groups excluding carboxylic acids is 1. The number of hydrogen-bond acceptors (Lipinski definition) is 4. The predicted molar refractivity (Wildman–Crippen MR) is 141 cm³/mol. The van der Waals surface area contributed by atoms with Gasteiger partial charge in [0.05, 0.1) is 34.8 Å². The molecule has 1 aromatic heterocycles. The lowest BCUT2D eigenvalue weighted by Crippen LogP contribution is -2.37. The molecule has 188 valence electrons. The van der Waals surface area contributed by atoms with Crippen LogP contribution in [0, 0.1) is 12.8 Å². The van der Waals surface area contributed by atoms with Gasteiger partial charge in [-0.25, -0.2) is 13.4 Å². The van der Waals surface area contributed by atoms with Crippen molar-refractivity contribution in [2.24, 2.45) is 5.92 Å². The Morgan fingerprint density at radius 3 is 2.37 bits per heavy atom. The molecule has 3 rings (SSSR count). The van der Waals surface area contributed by atoms with Gasteiger partial charge in [-0.05, 0) is 56.0 Å². The lowest BCUT2D eigenvalue weighted by molar-refractivity contribution is 0.0685. The average molecular weight is 537 g/mol. The van der Waals surface area contributed by atoms with E-state index in [4.69, 9.17) is 23.2 Å². The molecule has 0 radical (unpaired) electrons. The van der Waals surface area contributed by atoms with Gasteiger partial charge in [0.1, 0.15) is 0 Å². The normalized spacial score (nSPS) is 11.9. The molecule has 0 saturated carbocycles. The number of nitrogens with zero attached hydrogens (tertiary/aromatic N) is 3. The molecule has 0 aliphatic rings. The molecule has 0 saturated heterocycles. The van der Waals surface area contributed by atoms with Crippen LogP contribution in [0.1, 0.15) is 54.9 Å².